The number of alkyl halides is 1. The molecular formula is C43H47BrClN3O7. The van der Waals surface area contributed by atoms with Gasteiger partial charge in [-0.3, -0.25) is 19.2 Å². The first kappa shape index (κ1) is 40.4. The van der Waals surface area contributed by atoms with Crippen molar-refractivity contribution in [1.82, 2.24) is 9.80 Å². The Morgan fingerprint density at radius 3 is 2.33 bits per heavy atom. The lowest BCUT2D eigenvalue weighted by Crippen LogP contribution is -2.59. The predicted octanol–water partition coefficient (Wildman–Crippen LogP) is 6.31. The molecule has 3 heterocycles. The van der Waals surface area contributed by atoms with E-state index in [2.05, 4.69) is 29.1 Å². The van der Waals surface area contributed by atoms with Crippen molar-refractivity contribution in [3.63, 3.8) is 0 Å². The average molecular weight is 833 g/mol. The molecule has 12 heteroatoms. The number of carbonyl (C=O) groups excluding carboxylic acids is 4. The van der Waals surface area contributed by atoms with Gasteiger partial charge in [0.2, 0.25) is 11.8 Å². The third-order valence-corrected chi connectivity index (χ3v) is 12.3. The monoisotopic (exact) mass is 831 g/mol. The number of aliphatic hydroxyl groups excluding tert-OH is 1. The van der Waals surface area contributed by atoms with Crippen LogP contribution >= 0.6 is 27.5 Å². The summed E-state index contributed by atoms with van der Waals surface area (Å²) in [5.74, 6) is -3.88. The van der Waals surface area contributed by atoms with Crippen molar-refractivity contribution < 1.29 is 33.8 Å². The molecule has 290 valence electrons. The fourth-order valence-electron chi connectivity index (χ4n) is 8.49. The van der Waals surface area contributed by atoms with Crippen LogP contribution in [0, 0.1) is 11.8 Å². The van der Waals surface area contributed by atoms with E-state index >= 15 is 9.59 Å². The van der Waals surface area contributed by atoms with Crippen LogP contribution in [-0.2, 0) is 35.1 Å². The maximum atomic E-state index is 15.1. The zero-order chi connectivity index (χ0) is 39.4. The number of nitrogens with zero attached hydrogens (tertiary/aromatic N) is 3. The molecular weight excluding hydrogens is 786 g/mol. The Balaban J connectivity index is 1.41. The van der Waals surface area contributed by atoms with Gasteiger partial charge in [-0.05, 0) is 61.6 Å². The van der Waals surface area contributed by atoms with E-state index in [4.69, 9.17) is 21.1 Å². The highest BCUT2D eigenvalue weighted by Crippen LogP contribution is 2.61. The first-order valence-electron chi connectivity index (χ1n) is 18.6. The van der Waals surface area contributed by atoms with Gasteiger partial charge in [-0.2, -0.15) is 0 Å². The molecule has 0 aliphatic carbocycles. The predicted molar refractivity (Wildman–Crippen MR) is 215 cm³/mol. The van der Waals surface area contributed by atoms with E-state index in [9.17, 15) is 14.7 Å². The lowest BCUT2D eigenvalue weighted by atomic mass is 9.70. The Bertz CT molecular complexity index is 1880. The Morgan fingerprint density at radius 1 is 1.05 bits per heavy atom. The molecule has 3 aliphatic heterocycles. The standard InChI is InChI=1S/C43H47BrClN3O7/c1-5-7-18-34(50)46(4)27(3)37(29-16-12-9-13-17-29)54-42(53)35-36-40(51)48(32(26-49)24-28-14-10-8-11-15-28)39(43(36)25-33(44)38(35)55-43)41(52)47(23-6-2)31-21-19-30(45)20-22-31/h5-6,8-17,19-22,27,32-33,35-39,49H,1-2,7,18,23-26H2,3-4H3/t27-,32-,33?,35-,36+,37+,38-,39-,43+/m1/s1. The highest BCUT2D eigenvalue weighted by molar-refractivity contribution is 9.09. The van der Waals surface area contributed by atoms with Crippen molar-refractivity contribution in [3.8, 4) is 0 Å². The topological polar surface area (TPSA) is 117 Å². The van der Waals surface area contributed by atoms with Crippen molar-refractivity contribution in [3.05, 3.63) is 126 Å². The number of amides is 3. The molecule has 2 bridgehead atoms. The maximum Gasteiger partial charge on any atom is 0.313 e. The Kier molecular flexibility index (Phi) is 12.7. The Labute approximate surface area is 335 Å². The fourth-order valence-corrected chi connectivity index (χ4v) is 9.56. The Hall–Kier alpha value is -4.29. The summed E-state index contributed by atoms with van der Waals surface area (Å²) in [4.78, 5) is 62.3. The molecule has 1 N–H and O–H groups in total. The highest BCUT2D eigenvalue weighted by atomic mass is 79.9. The van der Waals surface area contributed by atoms with Crippen LogP contribution in [0.15, 0.2) is 110 Å². The van der Waals surface area contributed by atoms with E-state index in [-0.39, 0.29) is 31.7 Å². The molecule has 3 aliphatic rings. The number of carbonyl (C=O) groups is 4. The van der Waals surface area contributed by atoms with Crippen LogP contribution < -0.4 is 4.90 Å². The summed E-state index contributed by atoms with van der Waals surface area (Å²) in [5.41, 5.74) is 0.648. The van der Waals surface area contributed by atoms with Gasteiger partial charge in [0.25, 0.3) is 5.91 Å². The number of fused-ring (bicyclic) bond motifs is 1. The van der Waals surface area contributed by atoms with Crippen LogP contribution in [0.25, 0.3) is 0 Å². The number of anilines is 1. The normalized spacial score (nSPS) is 25.4. The molecule has 3 aromatic carbocycles. The van der Waals surface area contributed by atoms with Crippen LogP contribution in [0.3, 0.4) is 0 Å². The van der Waals surface area contributed by atoms with Crippen molar-refractivity contribution in [1.29, 1.82) is 0 Å². The van der Waals surface area contributed by atoms with Gasteiger partial charge in [0.1, 0.15) is 17.7 Å². The van der Waals surface area contributed by atoms with Gasteiger partial charge in [0.15, 0.2) is 0 Å². The fraction of sp³-hybridized carbons (Fsp3) is 0.395. The van der Waals surface area contributed by atoms with Crippen molar-refractivity contribution in [2.45, 2.75) is 73.4 Å². The summed E-state index contributed by atoms with van der Waals surface area (Å²) in [5, 5.41) is 11.4. The lowest BCUT2D eigenvalue weighted by Gasteiger charge is -2.39. The molecule has 3 saturated heterocycles. The van der Waals surface area contributed by atoms with E-state index in [1.54, 1.807) is 48.4 Å². The third kappa shape index (κ3) is 7.77. The van der Waals surface area contributed by atoms with E-state index in [0.29, 0.717) is 22.7 Å². The summed E-state index contributed by atoms with van der Waals surface area (Å²) in [7, 11) is 1.68. The zero-order valence-corrected chi connectivity index (χ0v) is 33.3. The molecule has 10 nitrogen and oxygen atoms in total. The summed E-state index contributed by atoms with van der Waals surface area (Å²) in [6, 6.07) is 22.8. The van der Waals surface area contributed by atoms with Crippen LogP contribution in [0.2, 0.25) is 5.02 Å². The van der Waals surface area contributed by atoms with E-state index < -0.39 is 77.0 Å². The minimum atomic E-state index is -1.43. The second-order valence-electron chi connectivity index (χ2n) is 14.5. The molecule has 3 fully saturated rings. The van der Waals surface area contributed by atoms with Crippen LogP contribution in [0.4, 0.5) is 5.69 Å². The van der Waals surface area contributed by atoms with Crippen molar-refractivity contribution >= 4 is 56.9 Å². The molecule has 3 aromatic rings. The summed E-state index contributed by atoms with van der Waals surface area (Å²) in [6.07, 6.45) is 2.88. The van der Waals surface area contributed by atoms with Gasteiger partial charge in [-0.1, -0.05) is 100 Å². The van der Waals surface area contributed by atoms with E-state index in [1.807, 2.05) is 67.6 Å². The number of rotatable bonds is 16. The molecule has 0 radical (unpaired) electrons. The van der Waals surface area contributed by atoms with Crippen LogP contribution in [0.5, 0.6) is 0 Å². The number of aliphatic hydroxyl groups is 1. The molecule has 0 saturated carbocycles. The number of hydrogen-bond donors (Lipinski definition) is 1. The smallest absolute Gasteiger partial charge is 0.313 e. The van der Waals surface area contributed by atoms with Gasteiger partial charge in [0, 0.05) is 35.6 Å². The largest absolute Gasteiger partial charge is 0.455 e. The van der Waals surface area contributed by atoms with Gasteiger partial charge < -0.3 is 29.3 Å². The molecule has 1 spiro atoms. The lowest BCUT2D eigenvalue weighted by molar-refractivity contribution is -0.165. The number of likely N-dealkylation sites (tertiary alicyclic amines) is 1. The van der Waals surface area contributed by atoms with Crippen molar-refractivity contribution in [2.24, 2.45) is 11.8 Å². The number of allylic oxidation sites excluding steroid dienone is 1. The molecule has 0 aromatic heterocycles. The minimum absolute atomic E-state index is 0.116. The van der Waals surface area contributed by atoms with E-state index in [1.165, 1.54) is 9.80 Å². The first-order valence-corrected chi connectivity index (χ1v) is 19.8. The molecule has 6 rings (SSSR count). The van der Waals surface area contributed by atoms with Gasteiger partial charge in [-0.15, -0.1) is 13.2 Å². The van der Waals surface area contributed by atoms with Crippen LogP contribution in [-0.4, -0.2) is 93.5 Å². The second kappa shape index (κ2) is 17.2. The number of likely N-dealkylation sites (N-methyl/N-ethyl adjacent to an activating group) is 1. The number of hydrogen-bond acceptors (Lipinski definition) is 7. The molecule has 55 heavy (non-hydrogen) atoms. The number of ether oxygens (including phenoxy) is 2. The first-order chi connectivity index (χ1) is 26.5. The third-order valence-electron chi connectivity index (χ3n) is 11.2. The summed E-state index contributed by atoms with van der Waals surface area (Å²) in [6.45, 7) is 9.11. The number of esters is 1. The summed E-state index contributed by atoms with van der Waals surface area (Å²) >= 11 is 9.97. The average Bonchev–Trinajstić information content (AvgIpc) is 3.80. The molecule has 3 amide bonds. The minimum Gasteiger partial charge on any atom is -0.455 e. The second-order valence-corrected chi connectivity index (χ2v) is 16.1. The quantitative estimate of drug-likeness (QED) is 0.102. The Morgan fingerprint density at radius 2 is 1.71 bits per heavy atom. The van der Waals surface area contributed by atoms with E-state index in [0.717, 1.165) is 5.56 Å². The van der Waals surface area contributed by atoms with Crippen LogP contribution in [0.1, 0.15) is 43.4 Å². The van der Waals surface area contributed by atoms with Crippen molar-refractivity contribution in [2.75, 3.05) is 25.1 Å². The summed E-state index contributed by atoms with van der Waals surface area (Å²) < 4.78 is 13.2. The maximum absolute atomic E-state index is 15.1. The SMILES string of the molecule is C=CCCC(=O)N(C)[C@H](C)[C@H](OC(=O)[C@H]1[C@@H]2O[C@@]3(CC2Br)[C@@H]1C(=O)N([C@@H](CO)Cc1ccccc1)[C@@H]3C(=O)N(CC=C)c1ccc(Cl)cc1)c1ccccc1. The number of benzene rings is 3. The van der Waals surface area contributed by atoms with Gasteiger partial charge in [0.05, 0.1) is 36.6 Å². The molecule has 9 atom stereocenters. The zero-order valence-electron chi connectivity index (χ0n) is 31.0. The molecule has 1 unspecified atom stereocenters. The van der Waals surface area contributed by atoms with Gasteiger partial charge >= 0.3 is 5.97 Å². The van der Waals surface area contributed by atoms with Gasteiger partial charge in [-0.25, -0.2) is 0 Å². The highest BCUT2D eigenvalue weighted by Gasteiger charge is 2.77. The number of halogens is 2.